The average molecular weight is 474 g/mol. The third kappa shape index (κ3) is 5.04. The Bertz CT molecular complexity index is 1060. The van der Waals surface area contributed by atoms with Gasteiger partial charge in [-0.05, 0) is 11.1 Å². The molecule has 34 heavy (non-hydrogen) atoms. The van der Waals surface area contributed by atoms with Gasteiger partial charge in [-0.15, -0.1) is 0 Å². The molecule has 0 radical (unpaired) electrons. The summed E-state index contributed by atoms with van der Waals surface area (Å²) in [6, 6.07) is 17.6. The maximum Gasteiger partial charge on any atom is 0.433 e. The number of aromatic nitrogens is 2. The SMILES string of the molecule is COC(c1ccccc1)(c1ccccc1)C(Oc1cc(C(F)(F)F)nc(C(C)(C)C)n1)C(=O)O. The molecule has 0 saturated carbocycles. The normalized spacial score (nSPS) is 13.4. The number of methoxy groups -OCH3 is 1. The van der Waals surface area contributed by atoms with E-state index in [0.29, 0.717) is 17.2 Å². The minimum Gasteiger partial charge on any atom is -0.478 e. The molecule has 0 saturated heterocycles. The van der Waals surface area contributed by atoms with Gasteiger partial charge in [-0.25, -0.2) is 9.78 Å². The first-order chi connectivity index (χ1) is 15.9. The second kappa shape index (κ2) is 9.42. The number of nitrogens with zero attached hydrogens (tertiary/aromatic N) is 2. The minimum absolute atomic E-state index is 0.135. The van der Waals surface area contributed by atoms with Crippen molar-refractivity contribution in [1.29, 1.82) is 0 Å². The molecule has 1 unspecified atom stereocenters. The standard InChI is InChI=1S/C25H25F3N2O4/c1-23(2,3)22-29-18(25(26,27)28)15-19(30-22)34-20(21(31)32)24(33-4,16-11-7-5-8-12-16)17-13-9-6-10-14-17/h5-15,20H,1-4H3,(H,31,32). The smallest absolute Gasteiger partial charge is 0.433 e. The molecule has 3 aromatic rings. The van der Waals surface area contributed by atoms with E-state index in [1.165, 1.54) is 7.11 Å². The fourth-order valence-corrected chi connectivity index (χ4v) is 3.58. The Morgan fingerprint density at radius 3 is 1.79 bits per heavy atom. The molecule has 3 rings (SSSR count). The Kier molecular flexibility index (Phi) is 6.97. The van der Waals surface area contributed by atoms with Crippen molar-refractivity contribution in [1.82, 2.24) is 9.97 Å². The number of alkyl halides is 3. The highest BCUT2D eigenvalue weighted by atomic mass is 19.4. The lowest BCUT2D eigenvalue weighted by Gasteiger charge is -2.38. The van der Waals surface area contributed by atoms with E-state index in [1.54, 1.807) is 81.4 Å². The van der Waals surface area contributed by atoms with Gasteiger partial charge in [0.15, 0.2) is 11.3 Å². The molecular formula is C25H25F3N2O4. The average Bonchev–Trinajstić information content (AvgIpc) is 2.79. The molecule has 1 N–H and O–H groups in total. The molecule has 1 atom stereocenters. The molecule has 0 aliphatic rings. The minimum atomic E-state index is -4.78. The Labute approximate surface area is 195 Å². The second-order valence-electron chi connectivity index (χ2n) is 8.67. The molecule has 0 fully saturated rings. The maximum absolute atomic E-state index is 13.6. The van der Waals surface area contributed by atoms with Crippen molar-refractivity contribution < 1.29 is 32.5 Å². The zero-order chi connectivity index (χ0) is 25.1. The molecular weight excluding hydrogens is 449 g/mol. The largest absolute Gasteiger partial charge is 0.478 e. The number of ether oxygens (including phenoxy) is 2. The van der Waals surface area contributed by atoms with Crippen LogP contribution in [0.5, 0.6) is 5.88 Å². The Hall–Kier alpha value is -3.46. The molecule has 2 aromatic carbocycles. The molecule has 0 bridgehead atoms. The molecule has 180 valence electrons. The Morgan fingerprint density at radius 1 is 0.912 bits per heavy atom. The number of aliphatic carboxylic acids is 1. The van der Waals surface area contributed by atoms with Crippen LogP contribution in [0.15, 0.2) is 66.7 Å². The van der Waals surface area contributed by atoms with Crippen molar-refractivity contribution in [2.75, 3.05) is 7.11 Å². The quantitative estimate of drug-likeness (QED) is 0.506. The van der Waals surface area contributed by atoms with E-state index in [2.05, 4.69) is 9.97 Å². The number of rotatable bonds is 7. The fourth-order valence-electron chi connectivity index (χ4n) is 3.58. The molecule has 9 heteroatoms. The lowest BCUT2D eigenvalue weighted by molar-refractivity contribution is -0.160. The summed E-state index contributed by atoms with van der Waals surface area (Å²) in [7, 11) is 1.32. The van der Waals surface area contributed by atoms with Crippen LogP contribution < -0.4 is 4.74 Å². The first-order valence-electron chi connectivity index (χ1n) is 10.4. The summed E-state index contributed by atoms with van der Waals surface area (Å²) in [5.41, 5.74) is -2.89. The third-order valence-electron chi connectivity index (χ3n) is 5.22. The van der Waals surface area contributed by atoms with Gasteiger partial charge in [0.05, 0.1) is 0 Å². The van der Waals surface area contributed by atoms with Crippen molar-refractivity contribution in [3.05, 3.63) is 89.4 Å². The van der Waals surface area contributed by atoms with Crippen LogP contribution in [0.1, 0.15) is 43.4 Å². The zero-order valence-electron chi connectivity index (χ0n) is 19.1. The van der Waals surface area contributed by atoms with Crippen molar-refractivity contribution in [3.8, 4) is 5.88 Å². The second-order valence-corrected chi connectivity index (χ2v) is 8.67. The number of halogens is 3. The highest BCUT2D eigenvalue weighted by molar-refractivity contribution is 5.76. The number of benzene rings is 2. The van der Waals surface area contributed by atoms with Gasteiger partial charge in [0.1, 0.15) is 5.82 Å². The van der Waals surface area contributed by atoms with Gasteiger partial charge < -0.3 is 14.6 Å². The summed E-state index contributed by atoms with van der Waals surface area (Å²) in [5, 5.41) is 10.2. The highest BCUT2D eigenvalue weighted by Gasteiger charge is 2.49. The number of hydrogen-bond acceptors (Lipinski definition) is 5. The van der Waals surface area contributed by atoms with Crippen molar-refractivity contribution in [3.63, 3.8) is 0 Å². The van der Waals surface area contributed by atoms with E-state index in [4.69, 9.17) is 9.47 Å². The van der Waals surface area contributed by atoms with Crippen LogP contribution in [0.4, 0.5) is 13.2 Å². The van der Waals surface area contributed by atoms with Crippen molar-refractivity contribution in [2.24, 2.45) is 0 Å². The molecule has 0 spiro atoms. The Morgan fingerprint density at radius 2 is 1.41 bits per heavy atom. The topological polar surface area (TPSA) is 81.5 Å². The maximum atomic E-state index is 13.6. The van der Waals surface area contributed by atoms with Crippen LogP contribution in [-0.2, 0) is 26.7 Å². The summed E-state index contributed by atoms with van der Waals surface area (Å²) in [5.74, 6) is -2.10. The van der Waals surface area contributed by atoms with E-state index in [-0.39, 0.29) is 5.82 Å². The first-order valence-corrected chi connectivity index (χ1v) is 10.4. The number of carboxylic acids is 1. The van der Waals surface area contributed by atoms with Crippen molar-refractivity contribution >= 4 is 5.97 Å². The molecule has 6 nitrogen and oxygen atoms in total. The lowest BCUT2D eigenvalue weighted by atomic mass is 9.81. The summed E-state index contributed by atoms with van der Waals surface area (Å²) >= 11 is 0. The van der Waals surface area contributed by atoms with Crippen LogP contribution in [0, 0.1) is 0 Å². The monoisotopic (exact) mass is 474 g/mol. The van der Waals surface area contributed by atoms with Crippen LogP contribution in [0.2, 0.25) is 0 Å². The van der Waals surface area contributed by atoms with Gasteiger partial charge in [-0.3, -0.25) is 0 Å². The van der Waals surface area contributed by atoms with E-state index in [9.17, 15) is 23.1 Å². The third-order valence-corrected chi connectivity index (χ3v) is 5.22. The van der Waals surface area contributed by atoms with Gasteiger partial charge in [0.2, 0.25) is 12.0 Å². The van der Waals surface area contributed by atoms with Gasteiger partial charge in [0, 0.05) is 18.6 Å². The van der Waals surface area contributed by atoms with Gasteiger partial charge in [-0.1, -0.05) is 81.4 Å². The number of carbonyl (C=O) groups is 1. The highest BCUT2D eigenvalue weighted by Crippen LogP contribution is 2.39. The number of carboxylic acid groups (broad SMARTS) is 1. The van der Waals surface area contributed by atoms with Crippen LogP contribution in [0.3, 0.4) is 0 Å². The van der Waals surface area contributed by atoms with Crippen LogP contribution >= 0.6 is 0 Å². The Balaban J connectivity index is 2.24. The van der Waals surface area contributed by atoms with E-state index < -0.39 is 40.8 Å². The van der Waals surface area contributed by atoms with Crippen LogP contribution in [-0.4, -0.2) is 34.3 Å². The van der Waals surface area contributed by atoms with Crippen LogP contribution in [0.25, 0.3) is 0 Å². The van der Waals surface area contributed by atoms with E-state index in [1.807, 2.05) is 0 Å². The molecule has 0 amide bonds. The predicted molar refractivity (Wildman–Crippen MR) is 118 cm³/mol. The molecule has 1 aromatic heterocycles. The molecule has 0 aliphatic carbocycles. The summed E-state index contributed by atoms with van der Waals surface area (Å²) in [6.07, 6.45) is -6.57. The van der Waals surface area contributed by atoms with Crippen molar-refractivity contribution in [2.45, 2.75) is 44.1 Å². The summed E-state index contributed by atoms with van der Waals surface area (Å²) in [6.45, 7) is 4.94. The van der Waals surface area contributed by atoms with E-state index >= 15 is 0 Å². The molecule has 1 heterocycles. The zero-order valence-corrected chi connectivity index (χ0v) is 19.1. The van der Waals surface area contributed by atoms with Gasteiger partial charge in [0.25, 0.3) is 0 Å². The first kappa shape index (κ1) is 25.2. The summed E-state index contributed by atoms with van der Waals surface area (Å²) < 4.78 is 52.3. The van der Waals surface area contributed by atoms with E-state index in [0.717, 1.165) is 0 Å². The van der Waals surface area contributed by atoms with Gasteiger partial charge >= 0.3 is 12.1 Å². The number of hydrogen-bond donors (Lipinski definition) is 1. The lowest BCUT2D eigenvalue weighted by Crippen LogP contribution is -2.50. The fraction of sp³-hybridized carbons (Fsp3) is 0.320. The summed E-state index contributed by atoms with van der Waals surface area (Å²) in [4.78, 5) is 20.3. The predicted octanol–water partition coefficient (Wildman–Crippen LogP) is 5.22. The van der Waals surface area contributed by atoms with Gasteiger partial charge in [-0.2, -0.15) is 18.2 Å². The molecule has 0 aliphatic heterocycles.